The largest absolute Gasteiger partial charge is 0.464 e. The van der Waals surface area contributed by atoms with Crippen LogP contribution in [-0.2, 0) is 20.8 Å². The number of alkyl carbamates (subject to hydrolysis) is 1. The Kier molecular flexibility index (Phi) is 7.47. The third-order valence-corrected chi connectivity index (χ3v) is 2.99. The van der Waals surface area contributed by atoms with Gasteiger partial charge >= 0.3 is 17.8 Å². The fraction of sp³-hybridized carbons (Fsp3) is 0.733. The fourth-order valence-electron chi connectivity index (χ4n) is 1.81. The van der Waals surface area contributed by atoms with Gasteiger partial charge in [-0.25, -0.2) is 19.5 Å². The molecule has 0 unspecified atom stereocenters. The van der Waals surface area contributed by atoms with Gasteiger partial charge in [-0.3, -0.25) is 4.57 Å². The van der Waals surface area contributed by atoms with Crippen LogP contribution in [0.4, 0.5) is 4.79 Å². The van der Waals surface area contributed by atoms with Crippen molar-refractivity contribution in [2.45, 2.75) is 65.1 Å². The van der Waals surface area contributed by atoms with Crippen LogP contribution in [0.15, 0.2) is 11.1 Å². The molecule has 0 aliphatic rings. The third-order valence-electron chi connectivity index (χ3n) is 2.99. The number of hydrogen-bond donors (Lipinski definition) is 2. The van der Waals surface area contributed by atoms with Crippen molar-refractivity contribution in [2.24, 2.45) is 0 Å². The maximum absolute atomic E-state index is 12.2. The van der Waals surface area contributed by atoms with Crippen LogP contribution in [0.25, 0.3) is 0 Å². The van der Waals surface area contributed by atoms with Gasteiger partial charge in [0.05, 0.1) is 6.61 Å². The molecule has 0 aliphatic carbocycles. The molecule has 1 aromatic rings. The molecule has 0 spiro atoms. The van der Waals surface area contributed by atoms with Gasteiger partial charge in [-0.1, -0.05) is 13.3 Å². The van der Waals surface area contributed by atoms with Crippen LogP contribution in [0.1, 0.15) is 47.0 Å². The number of nitrogens with one attached hydrogen (secondary N) is 2. The van der Waals surface area contributed by atoms with E-state index < -0.39 is 23.7 Å². The van der Waals surface area contributed by atoms with E-state index in [9.17, 15) is 14.4 Å². The highest BCUT2D eigenvalue weighted by Crippen LogP contribution is 2.08. The van der Waals surface area contributed by atoms with Crippen LogP contribution in [0.5, 0.6) is 0 Å². The van der Waals surface area contributed by atoms with Crippen LogP contribution in [0.2, 0.25) is 0 Å². The highest BCUT2D eigenvalue weighted by molar-refractivity contribution is 5.81. The minimum absolute atomic E-state index is 0.184. The molecule has 0 fully saturated rings. The molecule has 0 radical (unpaired) electrons. The molecule has 9 heteroatoms. The Labute approximate surface area is 140 Å². The molecular formula is C15H26N4O5. The molecular weight excluding hydrogens is 316 g/mol. The number of hydrogen-bond acceptors (Lipinski definition) is 6. The van der Waals surface area contributed by atoms with Gasteiger partial charge in [0.2, 0.25) is 0 Å². The molecule has 1 atom stereocenters. The number of unbranched alkanes of at least 4 members (excludes halogenated alkanes) is 1. The summed E-state index contributed by atoms with van der Waals surface area (Å²) in [5.74, 6) is -0.550. The first-order valence-corrected chi connectivity index (χ1v) is 7.99. The van der Waals surface area contributed by atoms with Crippen molar-refractivity contribution >= 4 is 12.1 Å². The van der Waals surface area contributed by atoms with E-state index in [1.54, 1.807) is 20.8 Å². The summed E-state index contributed by atoms with van der Waals surface area (Å²) in [7, 11) is 0. The number of aryl methyl sites for hydroxylation is 1. The van der Waals surface area contributed by atoms with Crippen molar-refractivity contribution in [3.8, 4) is 0 Å². The monoisotopic (exact) mass is 342 g/mol. The number of rotatable bonds is 8. The first-order valence-electron chi connectivity index (χ1n) is 7.99. The lowest BCUT2D eigenvalue weighted by Crippen LogP contribution is -2.45. The second kappa shape index (κ2) is 9.09. The zero-order valence-corrected chi connectivity index (χ0v) is 14.6. The van der Waals surface area contributed by atoms with E-state index in [1.807, 2.05) is 6.92 Å². The van der Waals surface area contributed by atoms with Gasteiger partial charge in [0.15, 0.2) is 0 Å². The van der Waals surface area contributed by atoms with Gasteiger partial charge in [0.1, 0.15) is 18.0 Å². The molecule has 0 saturated heterocycles. The van der Waals surface area contributed by atoms with Crippen LogP contribution >= 0.6 is 0 Å². The van der Waals surface area contributed by atoms with E-state index in [-0.39, 0.29) is 25.3 Å². The van der Waals surface area contributed by atoms with Gasteiger partial charge in [-0.05, 0) is 33.6 Å². The van der Waals surface area contributed by atoms with E-state index in [0.717, 1.165) is 12.8 Å². The molecule has 0 aliphatic heterocycles. The van der Waals surface area contributed by atoms with Crippen LogP contribution < -0.4 is 11.0 Å². The topological polar surface area (TPSA) is 115 Å². The zero-order chi connectivity index (χ0) is 18.2. The molecule has 1 amide bonds. The standard InChI is InChI=1S/C15H26N4O5/c1-5-6-9-23-12(20)11(17-14(22)24-15(2,3)4)7-8-19-10-16-18-13(19)21/h10-11H,5-9H2,1-4H3,(H,17,22)(H,18,21)/t11-/m0/s1. The van der Waals surface area contributed by atoms with Crippen molar-refractivity contribution in [3.05, 3.63) is 16.8 Å². The molecule has 2 N–H and O–H groups in total. The van der Waals surface area contributed by atoms with Gasteiger partial charge in [-0.15, -0.1) is 0 Å². The second-order valence-corrected chi connectivity index (χ2v) is 6.36. The lowest BCUT2D eigenvalue weighted by atomic mass is 10.2. The lowest BCUT2D eigenvalue weighted by molar-refractivity contribution is -0.146. The van der Waals surface area contributed by atoms with E-state index >= 15 is 0 Å². The number of esters is 1. The zero-order valence-electron chi connectivity index (χ0n) is 14.6. The number of amides is 1. The average molecular weight is 342 g/mol. The van der Waals surface area contributed by atoms with Crippen LogP contribution in [0.3, 0.4) is 0 Å². The predicted octanol–water partition coefficient (Wildman–Crippen LogP) is 1.20. The first-order chi connectivity index (χ1) is 11.2. The summed E-state index contributed by atoms with van der Waals surface area (Å²) in [5, 5.41) is 8.38. The summed E-state index contributed by atoms with van der Waals surface area (Å²) in [6.07, 6.45) is 2.44. The highest BCUT2D eigenvalue weighted by atomic mass is 16.6. The van der Waals surface area contributed by atoms with Crippen molar-refractivity contribution in [1.82, 2.24) is 20.1 Å². The number of carbonyl (C=O) groups excluding carboxylic acids is 2. The quantitative estimate of drug-likeness (QED) is 0.542. The summed E-state index contributed by atoms with van der Waals surface area (Å²) in [6, 6.07) is -0.904. The Hall–Kier alpha value is -2.32. The third kappa shape index (κ3) is 7.30. The van der Waals surface area contributed by atoms with E-state index in [0.29, 0.717) is 0 Å². The van der Waals surface area contributed by atoms with Gasteiger partial charge in [-0.2, -0.15) is 5.10 Å². The highest BCUT2D eigenvalue weighted by Gasteiger charge is 2.25. The Morgan fingerprint density at radius 2 is 2.12 bits per heavy atom. The Bertz CT molecular complexity index is 587. The molecule has 136 valence electrons. The molecule has 1 aromatic heterocycles. The number of aromatic amines is 1. The molecule has 24 heavy (non-hydrogen) atoms. The maximum Gasteiger partial charge on any atom is 0.408 e. The number of ether oxygens (including phenoxy) is 2. The first kappa shape index (κ1) is 19.7. The van der Waals surface area contributed by atoms with Crippen LogP contribution in [0, 0.1) is 0 Å². The second-order valence-electron chi connectivity index (χ2n) is 6.36. The molecule has 1 rings (SSSR count). The summed E-state index contributed by atoms with van der Waals surface area (Å²) in [4.78, 5) is 35.5. The van der Waals surface area contributed by atoms with Gasteiger partial charge in [0.25, 0.3) is 0 Å². The van der Waals surface area contributed by atoms with Crippen molar-refractivity contribution < 1.29 is 19.1 Å². The van der Waals surface area contributed by atoms with Gasteiger partial charge in [0, 0.05) is 6.54 Å². The average Bonchev–Trinajstić information content (AvgIpc) is 2.87. The normalized spacial score (nSPS) is 12.5. The molecule has 9 nitrogen and oxygen atoms in total. The van der Waals surface area contributed by atoms with Gasteiger partial charge < -0.3 is 14.8 Å². The van der Waals surface area contributed by atoms with Crippen molar-refractivity contribution in [1.29, 1.82) is 0 Å². The van der Waals surface area contributed by atoms with Crippen molar-refractivity contribution in [3.63, 3.8) is 0 Å². The van der Waals surface area contributed by atoms with E-state index in [2.05, 4.69) is 15.5 Å². The minimum atomic E-state index is -0.904. The van der Waals surface area contributed by atoms with Crippen molar-refractivity contribution in [2.75, 3.05) is 6.61 Å². The number of carbonyl (C=O) groups is 2. The smallest absolute Gasteiger partial charge is 0.408 e. The summed E-state index contributed by atoms with van der Waals surface area (Å²) >= 11 is 0. The Morgan fingerprint density at radius 3 is 2.67 bits per heavy atom. The molecule has 1 heterocycles. The van der Waals surface area contributed by atoms with Crippen LogP contribution in [-0.4, -0.2) is 45.1 Å². The predicted molar refractivity (Wildman–Crippen MR) is 86.5 cm³/mol. The summed E-state index contributed by atoms with van der Waals surface area (Å²) in [5.41, 5.74) is -1.06. The Balaban J connectivity index is 2.67. The molecule has 0 bridgehead atoms. The number of H-pyrrole nitrogens is 1. The number of nitrogens with zero attached hydrogens (tertiary/aromatic N) is 2. The molecule has 0 aromatic carbocycles. The Morgan fingerprint density at radius 1 is 1.42 bits per heavy atom. The van der Waals surface area contributed by atoms with E-state index in [4.69, 9.17) is 9.47 Å². The van der Waals surface area contributed by atoms with E-state index in [1.165, 1.54) is 10.9 Å². The summed E-state index contributed by atoms with van der Waals surface area (Å²) in [6.45, 7) is 7.66. The summed E-state index contributed by atoms with van der Waals surface area (Å²) < 4.78 is 11.6. The lowest BCUT2D eigenvalue weighted by Gasteiger charge is -2.23. The fourth-order valence-corrected chi connectivity index (χ4v) is 1.81. The molecule has 0 saturated carbocycles. The number of aromatic nitrogens is 3. The maximum atomic E-state index is 12.2. The minimum Gasteiger partial charge on any atom is -0.464 e. The SMILES string of the molecule is CCCCOC(=O)[C@H](CCn1cn[nH]c1=O)NC(=O)OC(C)(C)C.